The molecule has 3 aromatic carbocycles. The molecule has 4 N–H and O–H groups in total. The largest absolute Gasteiger partial charge is 0.489 e. The number of hydrogen-bond donors (Lipinski definition) is 4. The first-order valence-corrected chi connectivity index (χ1v) is 15.3. The van der Waals surface area contributed by atoms with Crippen LogP contribution >= 0.6 is 22.6 Å². The van der Waals surface area contributed by atoms with Gasteiger partial charge in [0, 0.05) is 23.9 Å². The number of aliphatic carboxylic acids is 1. The Hall–Kier alpha value is -3.57. The Labute approximate surface area is 265 Å². The molecular formula is C34H39IN2O6. The fourth-order valence-corrected chi connectivity index (χ4v) is 5.53. The van der Waals surface area contributed by atoms with E-state index in [0.29, 0.717) is 24.3 Å². The number of alkyl carbamates (subject to hydrolysis) is 1. The normalized spacial score (nSPS) is 12.6. The van der Waals surface area contributed by atoms with E-state index in [1.54, 1.807) is 20.8 Å². The van der Waals surface area contributed by atoms with Crippen molar-refractivity contribution in [2.24, 2.45) is 5.41 Å². The van der Waals surface area contributed by atoms with Gasteiger partial charge in [-0.2, -0.15) is 0 Å². The number of benzene rings is 3. The van der Waals surface area contributed by atoms with Crippen molar-refractivity contribution in [1.82, 2.24) is 10.3 Å². The summed E-state index contributed by atoms with van der Waals surface area (Å²) in [6.07, 6.45) is -0.0556. The van der Waals surface area contributed by atoms with Gasteiger partial charge in [-0.15, -0.1) is 0 Å². The van der Waals surface area contributed by atoms with Crippen LogP contribution in [0.15, 0.2) is 66.7 Å². The van der Waals surface area contributed by atoms with Gasteiger partial charge in [0.25, 0.3) is 0 Å². The second-order valence-electron chi connectivity index (χ2n) is 12.6. The van der Waals surface area contributed by atoms with E-state index in [1.807, 2.05) is 74.5 Å². The highest BCUT2D eigenvalue weighted by atomic mass is 127. The van der Waals surface area contributed by atoms with E-state index in [1.165, 1.54) is 0 Å². The van der Waals surface area contributed by atoms with Crippen LogP contribution in [-0.4, -0.2) is 45.5 Å². The third-order valence-corrected chi connectivity index (χ3v) is 7.84. The van der Waals surface area contributed by atoms with Crippen LogP contribution in [-0.2, 0) is 29.0 Å². The summed E-state index contributed by atoms with van der Waals surface area (Å²) in [5.74, 6) is -0.578. The quantitative estimate of drug-likeness (QED) is 0.124. The maximum atomic E-state index is 12.4. The number of halogens is 1. The molecule has 1 amide bonds. The number of carboxylic acids is 1. The van der Waals surface area contributed by atoms with Crippen molar-refractivity contribution in [1.29, 1.82) is 0 Å². The lowest BCUT2D eigenvalue weighted by molar-refractivity contribution is -0.139. The zero-order chi connectivity index (χ0) is 31.4. The molecule has 228 valence electrons. The molecule has 0 unspecified atom stereocenters. The fraction of sp³-hybridized carbons (Fsp3) is 0.353. The van der Waals surface area contributed by atoms with Gasteiger partial charge in [0.2, 0.25) is 0 Å². The van der Waals surface area contributed by atoms with Crippen LogP contribution in [0.1, 0.15) is 51.3 Å². The van der Waals surface area contributed by atoms with Gasteiger partial charge in [-0.3, -0.25) is 0 Å². The van der Waals surface area contributed by atoms with Crippen molar-refractivity contribution in [3.05, 3.63) is 87.1 Å². The van der Waals surface area contributed by atoms with E-state index in [0.717, 1.165) is 36.9 Å². The van der Waals surface area contributed by atoms with Gasteiger partial charge in [0.15, 0.2) is 0 Å². The molecular weight excluding hydrogens is 659 g/mol. The number of nitrogens with one attached hydrogen (secondary N) is 2. The lowest BCUT2D eigenvalue weighted by atomic mass is 9.86. The summed E-state index contributed by atoms with van der Waals surface area (Å²) in [5.41, 5.74) is 4.58. The number of amides is 1. The molecule has 0 bridgehead atoms. The van der Waals surface area contributed by atoms with Gasteiger partial charge in [0.05, 0.1) is 3.70 Å². The number of carboxylic acid groups (broad SMARTS) is 1. The number of aliphatic hydroxyl groups excluding tert-OH is 1. The minimum Gasteiger partial charge on any atom is -0.489 e. The van der Waals surface area contributed by atoms with Gasteiger partial charge in [-0.25, -0.2) is 9.59 Å². The summed E-state index contributed by atoms with van der Waals surface area (Å²) in [5, 5.41) is 23.4. The second-order valence-corrected chi connectivity index (χ2v) is 13.6. The Morgan fingerprint density at radius 2 is 1.67 bits per heavy atom. The van der Waals surface area contributed by atoms with Crippen LogP contribution < -0.4 is 10.1 Å². The lowest BCUT2D eigenvalue weighted by Gasteiger charge is -2.22. The lowest BCUT2D eigenvalue weighted by Crippen LogP contribution is -2.44. The maximum absolute atomic E-state index is 12.4. The summed E-state index contributed by atoms with van der Waals surface area (Å²) in [6.45, 7) is 9.66. The number of carbonyl (C=O) groups excluding carboxylic acids is 1. The Balaban J connectivity index is 1.72. The zero-order valence-electron chi connectivity index (χ0n) is 25.2. The van der Waals surface area contributed by atoms with E-state index >= 15 is 0 Å². The molecule has 1 aromatic heterocycles. The van der Waals surface area contributed by atoms with Gasteiger partial charge in [0.1, 0.15) is 24.0 Å². The van der Waals surface area contributed by atoms with Gasteiger partial charge in [-0.05, 0) is 107 Å². The molecule has 43 heavy (non-hydrogen) atoms. The van der Waals surface area contributed by atoms with E-state index in [9.17, 15) is 19.8 Å². The Kier molecular flexibility index (Phi) is 10.1. The molecule has 1 heterocycles. The number of hydrogen-bond acceptors (Lipinski definition) is 5. The van der Waals surface area contributed by atoms with Crippen LogP contribution in [0.5, 0.6) is 5.75 Å². The zero-order valence-corrected chi connectivity index (χ0v) is 27.3. The molecule has 0 spiro atoms. The number of aliphatic hydroxyl groups is 1. The van der Waals surface area contributed by atoms with E-state index in [-0.39, 0.29) is 18.4 Å². The molecule has 0 fully saturated rings. The topological polar surface area (TPSA) is 121 Å². The Morgan fingerprint density at radius 3 is 2.33 bits per heavy atom. The van der Waals surface area contributed by atoms with E-state index in [2.05, 4.69) is 39.0 Å². The first kappa shape index (κ1) is 32.3. The molecule has 0 saturated heterocycles. The molecule has 0 saturated carbocycles. The van der Waals surface area contributed by atoms with Crippen LogP contribution in [0.3, 0.4) is 0 Å². The smallest absolute Gasteiger partial charge is 0.408 e. The first-order valence-electron chi connectivity index (χ1n) is 14.2. The fourth-order valence-electron chi connectivity index (χ4n) is 4.76. The summed E-state index contributed by atoms with van der Waals surface area (Å²) in [7, 11) is 0. The van der Waals surface area contributed by atoms with Crippen LogP contribution in [0.2, 0.25) is 0 Å². The highest BCUT2D eigenvalue weighted by Crippen LogP contribution is 2.35. The number of rotatable bonds is 11. The van der Waals surface area contributed by atoms with Crippen molar-refractivity contribution in [2.75, 3.05) is 6.61 Å². The first-order chi connectivity index (χ1) is 20.2. The van der Waals surface area contributed by atoms with E-state index in [4.69, 9.17) is 9.47 Å². The monoisotopic (exact) mass is 698 g/mol. The Bertz CT molecular complexity index is 1590. The highest BCUT2D eigenvalue weighted by Gasteiger charge is 2.25. The predicted octanol–water partition coefficient (Wildman–Crippen LogP) is 7.10. The second kappa shape index (κ2) is 13.4. The van der Waals surface area contributed by atoms with Crippen molar-refractivity contribution in [3.8, 4) is 16.9 Å². The van der Waals surface area contributed by atoms with Crippen molar-refractivity contribution >= 4 is 45.6 Å². The average Bonchev–Trinajstić information content (AvgIpc) is 3.24. The van der Waals surface area contributed by atoms with Crippen LogP contribution in [0.25, 0.3) is 22.0 Å². The number of fused-ring (bicyclic) bond motifs is 1. The average molecular weight is 699 g/mol. The summed E-state index contributed by atoms with van der Waals surface area (Å²) < 4.78 is 12.5. The molecule has 0 aliphatic carbocycles. The number of carbonyl (C=O) groups is 2. The Morgan fingerprint density at radius 1 is 0.953 bits per heavy atom. The van der Waals surface area contributed by atoms with Gasteiger partial charge >= 0.3 is 12.1 Å². The van der Waals surface area contributed by atoms with Gasteiger partial charge < -0.3 is 30.0 Å². The maximum Gasteiger partial charge on any atom is 0.408 e. The number of aromatic nitrogens is 1. The summed E-state index contributed by atoms with van der Waals surface area (Å²) >= 11 is 2.30. The molecule has 0 aliphatic rings. The summed E-state index contributed by atoms with van der Waals surface area (Å²) in [6, 6.07) is 20.4. The van der Waals surface area contributed by atoms with Crippen LogP contribution in [0.4, 0.5) is 4.79 Å². The number of H-pyrrole nitrogens is 1. The molecule has 4 aromatic rings. The van der Waals surface area contributed by atoms with Crippen molar-refractivity contribution in [2.45, 2.75) is 65.7 Å². The molecule has 0 radical (unpaired) electrons. The predicted molar refractivity (Wildman–Crippen MR) is 176 cm³/mol. The third kappa shape index (κ3) is 8.96. The van der Waals surface area contributed by atoms with Gasteiger partial charge in [-0.1, -0.05) is 56.3 Å². The van der Waals surface area contributed by atoms with Crippen molar-refractivity contribution < 1.29 is 29.3 Å². The van der Waals surface area contributed by atoms with E-state index < -0.39 is 23.7 Å². The third-order valence-electron chi connectivity index (χ3n) is 6.91. The highest BCUT2D eigenvalue weighted by molar-refractivity contribution is 14.1. The minimum atomic E-state index is -1.20. The number of ether oxygens (including phenoxy) is 2. The summed E-state index contributed by atoms with van der Waals surface area (Å²) in [4.78, 5) is 28.0. The van der Waals surface area contributed by atoms with Crippen LogP contribution in [0, 0.1) is 9.12 Å². The molecule has 1 atom stereocenters. The minimum absolute atomic E-state index is 0.0321. The SMILES string of the molecule is CC(C)(CO)Cc1c(I)[nH]c2ccc(-c3cc(C[C@H](NC(=O)OC(C)(C)C)C(=O)O)cc(OCc4ccccc4)c3)cc12. The molecule has 8 nitrogen and oxygen atoms in total. The number of aromatic amines is 1. The molecule has 4 rings (SSSR count). The molecule has 9 heteroatoms. The standard InChI is InChI=1S/C34H39IN2O6/c1-33(2,3)43-32(41)37-29(31(39)40)15-22-13-24(16-25(14-22)42-19-21-9-7-6-8-10-21)23-11-12-28-26(17-23)27(30(35)36-28)18-34(4,5)20-38/h6-14,16-17,29,36,38H,15,18-20H2,1-5H3,(H,37,41)(H,39,40)/t29-/m0/s1. The molecule has 0 aliphatic heterocycles. The van der Waals surface area contributed by atoms with Crippen molar-refractivity contribution in [3.63, 3.8) is 0 Å².